The van der Waals surface area contributed by atoms with E-state index in [1.807, 2.05) is 5.43 Å². The van der Waals surface area contributed by atoms with Crippen molar-refractivity contribution < 1.29 is 14.4 Å². The maximum atomic E-state index is 12.3. The number of nitroso groups, excluding NO2 is 1. The highest BCUT2D eigenvalue weighted by Crippen LogP contribution is 2.28. The Morgan fingerprint density at radius 3 is 2.83 bits per heavy atom. The van der Waals surface area contributed by atoms with Gasteiger partial charge in [0.25, 0.3) is 5.91 Å². The molecular formula is C12H11N7O4. The van der Waals surface area contributed by atoms with Gasteiger partial charge >= 0.3 is 5.91 Å². The van der Waals surface area contributed by atoms with Crippen molar-refractivity contribution in [2.45, 2.75) is 12.8 Å². The van der Waals surface area contributed by atoms with Crippen LogP contribution >= 0.6 is 0 Å². The fraction of sp³-hybridized carbons (Fsp3) is 0.333. The number of nitrogen functional groups attached to an aromatic ring is 1. The van der Waals surface area contributed by atoms with Gasteiger partial charge in [-0.05, 0) is 23.9 Å². The molecule has 0 spiro atoms. The fourth-order valence-electron chi connectivity index (χ4n) is 2.46. The van der Waals surface area contributed by atoms with E-state index in [-0.39, 0.29) is 47.8 Å². The standard InChI is InChI=1S/C12H11N7O4/c13-17-12(22)8-3-6(11(21)18-23)10-7(16-8)1-5(2-9(10)20)4-15-19-14/h3,5H,1-2,4,13H2,(H,17,22). The van der Waals surface area contributed by atoms with Gasteiger partial charge in [-0.3, -0.25) is 19.8 Å². The number of hydrogen-bond donors (Lipinski definition) is 2. The van der Waals surface area contributed by atoms with Gasteiger partial charge in [0.2, 0.25) is 0 Å². The van der Waals surface area contributed by atoms with Crippen LogP contribution < -0.4 is 11.3 Å². The summed E-state index contributed by atoms with van der Waals surface area (Å²) in [5, 5.41) is 5.71. The number of amides is 2. The Labute approximate surface area is 128 Å². The molecule has 1 aromatic heterocycles. The van der Waals surface area contributed by atoms with Crippen molar-refractivity contribution >= 4 is 17.6 Å². The molecule has 0 aliphatic heterocycles. The molecule has 1 aromatic rings. The van der Waals surface area contributed by atoms with Gasteiger partial charge in [-0.2, -0.15) is 0 Å². The van der Waals surface area contributed by atoms with Gasteiger partial charge in [-0.15, -0.1) is 4.91 Å². The third-order valence-electron chi connectivity index (χ3n) is 3.41. The molecule has 0 saturated heterocycles. The molecule has 1 aliphatic rings. The summed E-state index contributed by atoms with van der Waals surface area (Å²) in [6.07, 6.45) is 0.250. The summed E-state index contributed by atoms with van der Waals surface area (Å²) >= 11 is 0. The minimum Gasteiger partial charge on any atom is -0.294 e. The summed E-state index contributed by atoms with van der Waals surface area (Å²) in [6, 6.07) is 1.01. The van der Waals surface area contributed by atoms with Gasteiger partial charge in [-0.25, -0.2) is 10.8 Å². The number of carbonyl (C=O) groups is 3. The third kappa shape index (κ3) is 3.20. The van der Waals surface area contributed by atoms with E-state index in [9.17, 15) is 19.3 Å². The molecule has 1 heterocycles. The van der Waals surface area contributed by atoms with E-state index in [0.29, 0.717) is 0 Å². The first-order chi connectivity index (χ1) is 11.0. The topological polar surface area (TPSA) is 180 Å². The monoisotopic (exact) mass is 317 g/mol. The highest BCUT2D eigenvalue weighted by molar-refractivity contribution is 6.10. The van der Waals surface area contributed by atoms with Crippen LogP contribution in [0.15, 0.2) is 16.4 Å². The summed E-state index contributed by atoms with van der Waals surface area (Å²) in [6.45, 7) is 0.0753. The number of ketones is 1. The highest BCUT2D eigenvalue weighted by Gasteiger charge is 2.32. The number of hydrazine groups is 1. The van der Waals surface area contributed by atoms with Gasteiger partial charge < -0.3 is 0 Å². The minimum atomic E-state index is -1.17. The fourth-order valence-corrected chi connectivity index (χ4v) is 2.46. The number of nitrogens with one attached hydrogen (secondary N) is 1. The number of azide groups is 1. The average Bonchev–Trinajstić information content (AvgIpc) is 2.57. The SMILES string of the molecule is [N-]=[N+]=NCC1CC(=O)c2c(C(=O)N=O)cc(C(=O)NN)nc2C1. The molecule has 0 radical (unpaired) electrons. The quantitative estimate of drug-likeness (QED) is 0.156. The molecule has 11 heteroatoms. The molecule has 11 nitrogen and oxygen atoms in total. The van der Waals surface area contributed by atoms with Crippen LogP contribution in [-0.2, 0) is 6.42 Å². The molecule has 0 bridgehead atoms. The first-order valence-corrected chi connectivity index (χ1v) is 6.48. The summed E-state index contributed by atoms with van der Waals surface area (Å²) in [5.74, 6) is 2.35. The molecule has 3 N–H and O–H groups in total. The van der Waals surface area contributed by atoms with Crippen molar-refractivity contribution in [3.8, 4) is 0 Å². The number of pyridine rings is 1. The van der Waals surface area contributed by atoms with Crippen LogP contribution in [0.5, 0.6) is 0 Å². The largest absolute Gasteiger partial charge is 0.317 e. The Morgan fingerprint density at radius 1 is 1.48 bits per heavy atom. The number of carbonyl (C=O) groups excluding carboxylic acids is 3. The van der Waals surface area contributed by atoms with Crippen molar-refractivity contribution in [2.24, 2.45) is 22.1 Å². The normalized spacial score (nSPS) is 16.0. The van der Waals surface area contributed by atoms with Crippen LogP contribution in [0.25, 0.3) is 10.4 Å². The van der Waals surface area contributed by atoms with Crippen LogP contribution in [0, 0.1) is 10.8 Å². The van der Waals surface area contributed by atoms with Crippen molar-refractivity contribution in [3.63, 3.8) is 0 Å². The predicted molar refractivity (Wildman–Crippen MR) is 76.2 cm³/mol. The summed E-state index contributed by atoms with van der Waals surface area (Å²) in [5.41, 5.74) is 9.86. The molecule has 0 fully saturated rings. The number of Topliss-reactive ketones (excluding diaryl/α,β-unsaturated/α-hetero) is 1. The summed E-state index contributed by atoms with van der Waals surface area (Å²) in [4.78, 5) is 52.7. The summed E-state index contributed by atoms with van der Waals surface area (Å²) < 4.78 is 0. The minimum absolute atomic E-state index is 0.0274. The summed E-state index contributed by atoms with van der Waals surface area (Å²) in [7, 11) is 0. The lowest BCUT2D eigenvalue weighted by Crippen LogP contribution is -2.33. The van der Waals surface area contributed by atoms with Crippen LogP contribution in [0.1, 0.15) is 43.3 Å². The van der Waals surface area contributed by atoms with Gasteiger partial charge in [-0.1, -0.05) is 5.11 Å². The number of nitrogens with zero attached hydrogens (tertiary/aromatic N) is 5. The molecule has 2 rings (SSSR count). The Morgan fingerprint density at radius 2 is 2.22 bits per heavy atom. The second-order valence-electron chi connectivity index (χ2n) is 4.86. The van der Waals surface area contributed by atoms with Crippen molar-refractivity contribution in [1.82, 2.24) is 10.4 Å². The average molecular weight is 317 g/mol. The maximum absolute atomic E-state index is 12.3. The number of fused-ring (bicyclic) bond motifs is 1. The van der Waals surface area contributed by atoms with E-state index in [2.05, 4.69) is 20.2 Å². The van der Waals surface area contributed by atoms with E-state index in [0.717, 1.165) is 6.07 Å². The number of hydrogen-bond acceptors (Lipinski definition) is 7. The van der Waals surface area contributed by atoms with Gasteiger partial charge in [0.1, 0.15) is 5.69 Å². The first-order valence-electron chi connectivity index (χ1n) is 6.48. The smallest absolute Gasteiger partial charge is 0.294 e. The van der Waals surface area contributed by atoms with Gasteiger partial charge in [0.05, 0.1) is 16.8 Å². The molecule has 1 atom stereocenters. The Balaban J connectivity index is 2.57. The molecule has 1 aliphatic carbocycles. The zero-order chi connectivity index (χ0) is 17.0. The zero-order valence-corrected chi connectivity index (χ0v) is 11.7. The van der Waals surface area contributed by atoms with Crippen molar-refractivity contribution in [3.05, 3.63) is 43.9 Å². The first kappa shape index (κ1) is 16.2. The van der Waals surface area contributed by atoms with Crippen LogP contribution in [0.4, 0.5) is 0 Å². The van der Waals surface area contributed by atoms with Crippen molar-refractivity contribution in [2.75, 3.05) is 6.54 Å². The predicted octanol–water partition coefficient (Wildman–Crippen LogP) is 0.647. The lowest BCUT2D eigenvalue weighted by atomic mass is 9.83. The Hall–Kier alpha value is -3.17. The lowest BCUT2D eigenvalue weighted by molar-refractivity contribution is 0.0922. The van der Waals surface area contributed by atoms with Crippen LogP contribution in [0.3, 0.4) is 0 Å². The highest BCUT2D eigenvalue weighted by atomic mass is 16.3. The maximum Gasteiger partial charge on any atom is 0.317 e. The van der Waals surface area contributed by atoms with Crippen LogP contribution in [-0.4, -0.2) is 29.1 Å². The Bertz CT molecular complexity index is 754. The van der Waals surface area contributed by atoms with Gasteiger partial charge in [0, 0.05) is 23.1 Å². The second-order valence-corrected chi connectivity index (χ2v) is 4.86. The molecule has 0 saturated carbocycles. The van der Waals surface area contributed by atoms with E-state index >= 15 is 0 Å². The zero-order valence-electron chi connectivity index (χ0n) is 11.7. The number of nitrogens with two attached hydrogens (primary N) is 1. The van der Waals surface area contributed by atoms with E-state index in [4.69, 9.17) is 11.4 Å². The molecule has 118 valence electrons. The number of aromatic nitrogens is 1. The molecular weight excluding hydrogens is 306 g/mol. The van der Waals surface area contributed by atoms with E-state index in [1.54, 1.807) is 0 Å². The second kappa shape index (κ2) is 6.73. The van der Waals surface area contributed by atoms with Crippen molar-refractivity contribution in [1.29, 1.82) is 0 Å². The van der Waals surface area contributed by atoms with E-state index in [1.165, 1.54) is 0 Å². The molecule has 2 amide bonds. The van der Waals surface area contributed by atoms with Crippen LogP contribution in [0.2, 0.25) is 0 Å². The molecule has 1 unspecified atom stereocenters. The Kier molecular flexibility index (Phi) is 4.74. The molecule has 0 aromatic carbocycles. The third-order valence-corrected chi connectivity index (χ3v) is 3.41. The lowest BCUT2D eigenvalue weighted by Gasteiger charge is -2.23. The van der Waals surface area contributed by atoms with E-state index < -0.39 is 17.6 Å². The van der Waals surface area contributed by atoms with Gasteiger partial charge in [0.15, 0.2) is 5.78 Å². The number of rotatable bonds is 4. The molecule has 23 heavy (non-hydrogen) atoms.